The van der Waals surface area contributed by atoms with Crippen LogP contribution in [0.1, 0.15) is 12.5 Å². The second-order valence-electron chi connectivity index (χ2n) is 6.02. The van der Waals surface area contributed by atoms with Crippen molar-refractivity contribution in [3.05, 3.63) is 54.1 Å². The number of carbonyl (C=O) groups is 1. The van der Waals surface area contributed by atoms with Crippen LogP contribution in [0.3, 0.4) is 0 Å². The predicted octanol–water partition coefficient (Wildman–Crippen LogP) is 3.10. The number of carbonyl (C=O) groups excluding carboxylic acids is 1. The molecule has 1 amide bonds. The van der Waals surface area contributed by atoms with Crippen LogP contribution in [0.25, 0.3) is 11.4 Å². The summed E-state index contributed by atoms with van der Waals surface area (Å²) in [5, 5.41) is 11.2. The molecular weight excluding hydrogens is 362 g/mol. The zero-order valence-corrected chi connectivity index (χ0v) is 16.2. The van der Waals surface area contributed by atoms with Crippen molar-refractivity contribution in [2.24, 2.45) is 0 Å². The molecule has 0 saturated carbocycles. The second-order valence-corrected chi connectivity index (χ2v) is 7.33. The van der Waals surface area contributed by atoms with Crippen molar-refractivity contribution in [2.45, 2.75) is 24.3 Å². The molecule has 3 N–H and O–H groups in total. The molecule has 0 aliphatic rings. The number of benzene rings is 2. The number of aryl methyl sites for hydroxylation is 1. The molecule has 140 valence electrons. The molecule has 0 radical (unpaired) electrons. The number of ether oxygens (including phenoxy) is 1. The van der Waals surface area contributed by atoms with Gasteiger partial charge in [-0.1, -0.05) is 29.5 Å². The average Bonchev–Trinajstić information content (AvgIpc) is 3.04. The summed E-state index contributed by atoms with van der Waals surface area (Å²) in [5.74, 6) is 7.27. The van der Waals surface area contributed by atoms with Crippen LogP contribution < -0.4 is 15.9 Å². The average molecular weight is 383 g/mol. The summed E-state index contributed by atoms with van der Waals surface area (Å²) in [6, 6.07) is 15.0. The SMILES string of the molecule is COc1ccc(-c2nnc(S[C@@H](C)C(=O)Nc3ccc(C)cc3)n2N)cc1. The Morgan fingerprint density at radius 1 is 1.15 bits per heavy atom. The van der Waals surface area contributed by atoms with Crippen molar-refractivity contribution in [1.29, 1.82) is 0 Å². The van der Waals surface area contributed by atoms with Crippen molar-refractivity contribution in [1.82, 2.24) is 14.9 Å². The van der Waals surface area contributed by atoms with Crippen molar-refractivity contribution in [3.63, 3.8) is 0 Å². The first-order valence-corrected chi connectivity index (χ1v) is 9.25. The van der Waals surface area contributed by atoms with E-state index in [1.54, 1.807) is 14.0 Å². The Kier molecular flexibility index (Phi) is 5.66. The first-order valence-electron chi connectivity index (χ1n) is 8.37. The van der Waals surface area contributed by atoms with Crippen LogP contribution in [-0.2, 0) is 4.79 Å². The highest BCUT2D eigenvalue weighted by molar-refractivity contribution is 8.00. The monoisotopic (exact) mass is 383 g/mol. The van der Waals surface area contributed by atoms with Crippen LogP contribution >= 0.6 is 11.8 Å². The van der Waals surface area contributed by atoms with Gasteiger partial charge in [-0.05, 0) is 50.2 Å². The van der Waals surface area contributed by atoms with E-state index in [0.29, 0.717) is 11.0 Å². The number of nitrogens with two attached hydrogens (primary N) is 1. The Balaban J connectivity index is 1.68. The maximum Gasteiger partial charge on any atom is 0.237 e. The number of rotatable bonds is 6. The third-order valence-electron chi connectivity index (χ3n) is 3.98. The number of amides is 1. The van der Waals surface area contributed by atoms with Gasteiger partial charge in [-0.2, -0.15) is 0 Å². The molecular formula is C19H21N5O2S. The third kappa shape index (κ3) is 4.40. The van der Waals surface area contributed by atoms with E-state index < -0.39 is 0 Å². The Morgan fingerprint density at radius 3 is 2.44 bits per heavy atom. The van der Waals surface area contributed by atoms with Crippen LogP contribution in [0, 0.1) is 6.92 Å². The van der Waals surface area contributed by atoms with Crippen molar-refractivity contribution in [2.75, 3.05) is 18.3 Å². The molecule has 3 rings (SSSR count). The molecule has 0 saturated heterocycles. The van der Waals surface area contributed by atoms with Gasteiger partial charge >= 0.3 is 0 Å². The molecule has 8 heteroatoms. The molecule has 1 aromatic heterocycles. The summed E-state index contributed by atoms with van der Waals surface area (Å²) in [5.41, 5.74) is 2.71. The summed E-state index contributed by atoms with van der Waals surface area (Å²) in [4.78, 5) is 12.4. The van der Waals surface area contributed by atoms with Gasteiger partial charge in [0.15, 0.2) is 5.82 Å². The van der Waals surface area contributed by atoms with Crippen LogP contribution in [-0.4, -0.2) is 33.1 Å². The van der Waals surface area contributed by atoms with Crippen molar-refractivity contribution in [3.8, 4) is 17.1 Å². The highest BCUT2D eigenvalue weighted by Crippen LogP contribution is 2.26. The second kappa shape index (κ2) is 8.13. The number of thioether (sulfide) groups is 1. The van der Waals surface area contributed by atoms with E-state index in [0.717, 1.165) is 22.6 Å². The molecule has 0 fully saturated rings. The van der Waals surface area contributed by atoms with Gasteiger partial charge in [0, 0.05) is 11.3 Å². The minimum atomic E-state index is -0.387. The number of hydrogen-bond donors (Lipinski definition) is 2. The number of nitrogens with zero attached hydrogens (tertiary/aromatic N) is 3. The molecule has 2 aromatic carbocycles. The van der Waals surface area contributed by atoms with Crippen LogP contribution in [0.4, 0.5) is 5.69 Å². The molecule has 0 spiro atoms. The Hall–Kier alpha value is -3.00. The highest BCUT2D eigenvalue weighted by Gasteiger charge is 2.20. The minimum Gasteiger partial charge on any atom is -0.497 e. The molecule has 0 bridgehead atoms. The van der Waals surface area contributed by atoms with Gasteiger partial charge in [0.25, 0.3) is 0 Å². The summed E-state index contributed by atoms with van der Waals surface area (Å²) < 4.78 is 6.54. The number of hydrogen-bond acceptors (Lipinski definition) is 6. The van der Waals surface area contributed by atoms with E-state index in [1.807, 2.05) is 55.5 Å². The summed E-state index contributed by atoms with van der Waals surface area (Å²) in [7, 11) is 1.61. The number of nitrogen functional groups attached to an aromatic ring is 1. The first-order chi connectivity index (χ1) is 13.0. The smallest absolute Gasteiger partial charge is 0.237 e. The van der Waals surface area contributed by atoms with E-state index in [1.165, 1.54) is 16.4 Å². The topological polar surface area (TPSA) is 95.1 Å². The lowest BCUT2D eigenvalue weighted by Crippen LogP contribution is -2.23. The zero-order chi connectivity index (χ0) is 19.4. The number of nitrogens with one attached hydrogen (secondary N) is 1. The van der Waals surface area contributed by atoms with E-state index in [-0.39, 0.29) is 11.2 Å². The van der Waals surface area contributed by atoms with E-state index >= 15 is 0 Å². The summed E-state index contributed by atoms with van der Waals surface area (Å²) in [6.45, 7) is 3.80. The largest absolute Gasteiger partial charge is 0.497 e. The number of methoxy groups -OCH3 is 1. The van der Waals surface area contributed by atoms with Crippen LogP contribution in [0.5, 0.6) is 5.75 Å². The predicted molar refractivity (Wildman–Crippen MR) is 107 cm³/mol. The maximum atomic E-state index is 12.4. The lowest BCUT2D eigenvalue weighted by molar-refractivity contribution is -0.115. The molecule has 7 nitrogen and oxygen atoms in total. The summed E-state index contributed by atoms with van der Waals surface area (Å²) >= 11 is 1.25. The first kappa shape index (κ1) is 18.8. The molecule has 1 atom stereocenters. The van der Waals surface area contributed by atoms with Crippen molar-refractivity contribution < 1.29 is 9.53 Å². The van der Waals surface area contributed by atoms with Gasteiger partial charge in [-0.15, -0.1) is 10.2 Å². The fraction of sp³-hybridized carbons (Fsp3) is 0.211. The van der Waals surface area contributed by atoms with Gasteiger partial charge in [-0.3, -0.25) is 4.79 Å². The van der Waals surface area contributed by atoms with Gasteiger partial charge in [-0.25, -0.2) is 4.68 Å². The van der Waals surface area contributed by atoms with Gasteiger partial charge in [0.1, 0.15) is 5.75 Å². The lowest BCUT2D eigenvalue weighted by atomic mass is 10.2. The molecule has 0 aliphatic carbocycles. The molecule has 27 heavy (non-hydrogen) atoms. The van der Waals surface area contributed by atoms with Crippen LogP contribution in [0.15, 0.2) is 53.7 Å². The Bertz CT molecular complexity index is 922. The van der Waals surface area contributed by atoms with Crippen LogP contribution in [0.2, 0.25) is 0 Å². The van der Waals surface area contributed by atoms with Gasteiger partial charge in [0.05, 0.1) is 12.4 Å². The minimum absolute atomic E-state index is 0.127. The van der Waals surface area contributed by atoms with E-state index in [2.05, 4.69) is 15.5 Å². The van der Waals surface area contributed by atoms with E-state index in [4.69, 9.17) is 10.6 Å². The third-order valence-corrected chi connectivity index (χ3v) is 5.04. The van der Waals surface area contributed by atoms with E-state index in [9.17, 15) is 4.79 Å². The zero-order valence-electron chi connectivity index (χ0n) is 15.3. The molecule has 1 heterocycles. The number of aromatic nitrogens is 3. The highest BCUT2D eigenvalue weighted by atomic mass is 32.2. The fourth-order valence-corrected chi connectivity index (χ4v) is 3.16. The Morgan fingerprint density at radius 2 is 1.81 bits per heavy atom. The standard InChI is InChI=1S/C19H21N5O2S/c1-12-4-8-15(9-5-12)21-18(25)13(2)27-19-23-22-17(24(19)20)14-6-10-16(26-3)11-7-14/h4-11,13H,20H2,1-3H3,(H,21,25)/t13-/m0/s1. The fourth-order valence-electron chi connectivity index (χ4n) is 2.39. The van der Waals surface area contributed by atoms with Gasteiger partial charge < -0.3 is 15.9 Å². The molecule has 3 aromatic rings. The lowest BCUT2D eigenvalue weighted by Gasteiger charge is -2.11. The molecule has 0 aliphatic heterocycles. The quantitative estimate of drug-likeness (QED) is 0.502. The molecule has 0 unspecified atom stereocenters. The summed E-state index contributed by atoms with van der Waals surface area (Å²) in [6.07, 6.45) is 0. The Labute approximate surface area is 161 Å². The normalized spacial score (nSPS) is 11.8. The number of anilines is 1. The maximum absolute atomic E-state index is 12.4. The van der Waals surface area contributed by atoms with Crippen molar-refractivity contribution >= 4 is 23.4 Å². The van der Waals surface area contributed by atoms with Gasteiger partial charge in [0.2, 0.25) is 11.1 Å².